The van der Waals surface area contributed by atoms with E-state index in [1.54, 1.807) is 23.7 Å². The first-order valence-corrected chi connectivity index (χ1v) is 10.8. The molecule has 0 aliphatic carbocycles. The van der Waals surface area contributed by atoms with Crippen LogP contribution in [0.5, 0.6) is 0 Å². The second kappa shape index (κ2) is 8.11. The van der Waals surface area contributed by atoms with Crippen molar-refractivity contribution in [2.45, 2.75) is 13.5 Å². The van der Waals surface area contributed by atoms with Crippen molar-refractivity contribution in [2.24, 2.45) is 14.1 Å². The highest BCUT2D eigenvalue weighted by atomic mass is 16.2. The third-order valence-corrected chi connectivity index (χ3v) is 5.90. The quantitative estimate of drug-likeness (QED) is 0.415. The van der Waals surface area contributed by atoms with Crippen LogP contribution in [0.4, 0.5) is 0 Å². The molecule has 0 saturated carbocycles. The van der Waals surface area contributed by atoms with E-state index >= 15 is 0 Å². The van der Waals surface area contributed by atoms with Crippen LogP contribution < -0.4 is 16.8 Å². The Bertz CT molecular complexity index is 1770. The molecule has 3 heterocycles. The largest absolute Gasteiger partial charge is 0.332 e. The molecule has 0 fully saturated rings. The molecule has 0 N–H and O–H groups in total. The Labute approximate surface area is 193 Å². The molecule has 0 spiro atoms. The average Bonchev–Trinajstić information content (AvgIpc) is 3.23. The maximum atomic E-state index is 13.4. The molecule has 170 valence electrons. The number of hydrogen-bond acceptors (Lipinski definition) is 5. The molecule has 34 heavy (non-hydrogen) atoms. The van der Waals surface area contributed by atoms with Crippen molar-refractivity contribution in [3.8, 4) is 5.95 Å². The Morgan fingerprint density at radius 2 is 1.53 bits per heavy atom. The van der Waals surface area contributed by atoms with Gasteiger partial charge in [-0.3, -0.25) is 23.3 Å². The molecular formula is C25H22N6O3. The fourth-order valence-corrected chi connectivity index (χ4v) is 4.11. The van der Waals surface area contributed by atoms with Gasteiger partial charge in [0.1, 0.15) is 0 Å². The Morgan fingerprint density at radius 1 is 0.853 bits per heavy atom. The molecule has 0 radical (unpaired) electrons. The molecule has 0 unspecified atom stereocenters. The van der Waals surface area contributed by atoms with Crippen LogP contribution in [-0.4, -0.2) is 28.5 Å². The molecule has 9 heteroatoms. The summed E-state index contributed by atoms with van der Waals surface area (Å²) in [6.45, 7) is 2.06. The normalized spacial score (nSPS) is 11.7. The van der Waals surface area contributed by atoms with E-state index in [1.807, 2.05) is 61.5 Å². The minimum Gasteiger partial charge on any atom is -0.298 e. The van der Waals surface area contributed by atoms with Gasteiger partial charge < -0.3 is 0 Å². The van der Waals surface area contributed by atoms with Crippen molar-refractivity contribution >= 4 is 28.0 Å². The molecule has 5 aromatic rings. The predicted octanol–water partition coefficient (Wildman–Crippen LogP) is 2.15. The van der Waals surface area contributed by atoms with Crippen LogP contribution >= 0.6 is 0 Å². The van der Waals surface area contributed by atoms with Gasteiger partial charge in [-0.15, -0.1) is 0 Å². The number of hydrogen-bond donors (Lipinski definition) is 0. The first-order valence-electron chi connectivity index (χ1n) is 10.8. The van der Waals surface area contributed by atoms with E-state index in [2.05, 4.69) is 10.1 Å². The minimum absolute atomic E-state index is 0.171. The van der Waals surface area contributed by atoms with Gasteiger partial charge in [-0.1, -0.05) is 60.7 Å². The average molecular weight is 454 g/mol. The van der Waals surface area contributed by atoms with Crippen molar-refractivity contribution in [1.29, 1.82) is 0 Å². The molecule has 0 atom stereocenters. The zero-order valence-electron chi connectivity index (χ0n) is 19.0. The monoisotopic (exact) mass is 454 g/mol. The van der Waals surface area contributed by atoms with Gasteiger partial charge in [-0.25, -0.2) is 4.79 Å². The highest BCUT2D eigenvalue weighted by Gasteiger charge is 2.22. The second-order valence-corrected chi connectivity index (χ2v) is 8.06. The zero-order chi connectivity index (χ0) is 24.0. The molecule has 5 rings (SSSR count). The van der Waals surface area contributed by atoms with Crippen molar-refractivity contribution in [3.63, 3.8) is 0 Å². The van der Waals surface area contributed by atoms with Crippen molar-refractivity contribution in [1.82, 2.24) is 28.5 Å². The van der Waals surface area contributed by atoms with E-state index in [4.69, 9.17) is 0 Å². The van der Waals surface area contributed by atoms with Gasteiger partial charge >= 0.3 is 5.69 Å². The van der Waals surface area contributed by atoms with Gasteiger partial charge in [-0.05, 0) is 18.6 Å². The predicted molar refractivity (Wildman–Crippen MR) is 131 cm³/mol. The third kappa shape index (κ3) is 3.29. The first kappa shape index (κ1) is 21.3. The highest BCUT2D eigenvalue weighted by molar-refractivity contribution is 5.83. The van der Waals surface area contributed by atoms with E-state index < -0.39 is 11.2 Å². The number of rotatable bonds is 4. The molecular weight excluding hydrogens is 432 g/mol. The van der Waals surface area contributed by atoms with E-state index in [1.165, 1.54) is 16.3 Å². The summed E-state index contributed by atoms with van der Waals surface area (Å²) < 4.78 is 5.17. The van der Waals surface area contributed by atoms with Crippen LogP contribution in [0.3, 0.4) is 0 Å². The summed E-state index contributed by atoms with van der Waals surface area (Å²) >= 11 is 0. The number of imidazole rings is 1. The summed E-state index contributed by atoms with van der Waals surface area (Å²) in [5.41, 5.74) is 0.708. The van der Waals surface area contributed by atoms with Crippen LogP contribution in [0.1, 0.15) is 11.3 Å². The van der Waals surface area contributed by atoms with Gasteiger partial charge in [0.25, 0.3) is 11.1 Å². The molecule has 3 aromatic heterocycles. The molecule has 0 aliphatic rings. The Hall–Kier alpha value is -4.53. The van der Waals surface area contributed by atoms with Gasteiger partial charge in [0, 0.05) is 26.0 Å². The summed E-state index contributed by atoms with van der Waals surface area (Å²) in [4.78, 5) is 43.6. The number of fused-ring (bicyclic) bond motifs is 2. The van der Waals surface area contributed by atoms with Crippen LogP contribution in [0.25, 0.3) is 34.0 Å². The summed E-state index contributed by atoms with van der Waals surface area (Å²) in [6.07, 6.45) is 3.80. The number of nitrogens with zero attached hydrogens (tertiary/aromatic N) is 6. The second-order valence-electron chi connectivity index (χ2n) is 8.06. The van der Waals surface area contributed by atoms with Crippen LogP contribution in [-0.2, 0) is 20.6 Å². The van der Waals surface area contributed by atoms with Crippen molar-refractivity contribution < 1.29 is 0 Å². The van der Waals surface area contributed by atoms with Gasteiger partial charge in [0.15, 0.2) is 11.2 Å². The SMILES string of the molecule is Cc1nn(-c2nc3c(c(=O)n(C)c(=O)n3C)n2C/C=C/c2ccccc2)c(=O)c2ccccc12. The summed E-state index contributed by atoms with van der Waals surface area (Å²) in [5.74, 6) is 0.171. The number of aromatic nitrogens is 6. The fraction of sp³-hybridized carbons (Fsp3) is 0.160. The Balaban J connectivity index is 1.81. The molecule has 0 saturated heterocycles. The Morgan fingerprint density at radius 3 is 2.26 bits per heavy atom. The summed E-state index contributed by atoms with van der Waals surface area (Å²) in [7, 11) is 2.97. The van der Waals surface area contributed by atoms with Gasteiger partial charge in [0.05, 0.1) is 11.1 Å². The number of aryl methyl sites for hydroxylation is 2. The van der Waals surface area contributed by atoms with Crippen molar-refractivity contribution in [2.75, 3.05) is 0 Å². The zero-order valence-corrected chi connectivity index (χ0v) is 19.0. The minimum atomic E-state index is -0.497. The lowest BCUT2D eigenvalue weighted by Gasteiger charge is -2.10. The van der Waals surface area contributed by atoms with E-state index in [-0.39, 0.29) is 29.2 Å². The lowest BCUT2D eigenvalue weighted by atomic mass is 10.1. The summed E-state index contributed by atoms with van der Waals surface area (Å²) in [6, 6.07) is 16.9. The van der Waals surface area contributed by atoms with Crippen LogP contribution in [0.2, 0.25) is 0 Å². The topological polar surface area (TPSA) is 96.7 Å². The molecule has 9 nitrogen and oxygen atoms in total. The molecule has 2 aromatic carbocycles. The maximum absolute atomic E-state index is 13.4. The lowest BCUT2D eigenvalue weighted by molar-refractivity contribution is 0.688. The smallest absolute Gasteiger partial charge is 0.298 e. The first-order chi connectivity index (χ1) is 16.4. The van der Waals surface area contributed by atoms with E-state index in [0.717, 1.165) is 15.5 Å². The van der Waals surface area contributed by atoms with Crippen LogP contribution in [0, 0.1) is 6.92 Å². The standard InChI is InChI=1S/C25H22N6O3/c1-16-18-13-7-8-14-19(18)22(32)31(27-16)24-26-21-20(23(33)29(3)25(34)28(21)2)30(24)15-9-12-17-10-5-4-6-11-17/h4-14H,15H2,1-3H3/b12-9+. The molecule has 0 aliphatic heterocycles. The van der Waals surface area contributed by atoms with Crippen molar-refractivity contribution in [3.05, 3.63) is 103 Å². The van der Waals surface area contributed by atoms with Crippen LogP contribution in [0.15, 0.2) is 75.1 Å². The third-order valence-electron chi connectivity index (χ3n) is 5.90. The highest BCUT2D eigenvalue weighted by Crippen LogP contribution is 2.17. The molecule has 0 bridgehead atoms. The van der Waals surface area contributed by atoms with Gasteiger partial charge in [0.2, 0.25) is 5.95 Å². The molecule has 0 amide bonds. The van der Waals surface area contributed by atoms with E-state index in [9.17, 15) is 14.4 Å². The Kier molecular flexibility index (Phi) is 5.09. The summed E-state index contributed by atoms with van der Waals surface area (Å²) in [5, 5.41) is 5.74. The number of benzene rings is 2. The maximum Gasteiger partial charge on any atom is 0.332 e. The fourth-order valence-electron chi connectivity index (χ4n) is 4.11. The number of allylic oxidation sites excluding steroid dienone is 1. The lowest BCUT2D eigenvalue weighted by Crippen LogP contribution is -2.37. The van der Waals surface area contributed by atoms with E-state index in [0.29, 0.717) is 11.1 Å². The van der Waals surface area contributed by atoms with Gasteiger partial charge in [-0.2, -0.15) is 14.8 Å².